The zero-order chi connectivity index (χ0) is 20.9. The van der Waals surface area contributed by atoms with Crippen LogP contribution in [0.5, 0.6) is 0 Å². The number of carbonyl (C=O) groups excluding carboxylic acids is 1. The van der Waals surface area contributed by atoms with Gasteiger partial charge in [0.15, 0.2) is 0 Å². The number of carboxylic acids is 1. The van der Waals surface area contributed by atoms with E-state index in [1.165, 1.54) is 32.1 Å². The molecule has 2 fully saturated rings. The number of aliphatic carboxylic acids is 1. The van der Waals surface area contributed by atoms with E-state index in [0.717, 1.165) is 42.6 Å². The van der Waals surface area contributed by atoms with Crippen molar-refractivity contribution in [1.82, 2.24) is 20.1 Å². The van der Waals surface area contributed by atoms with Gasteiger partial charge in [-0.05, 0) is 18.9 Å². The molecule has 30 heavy (non-hydrogen) atoms. The fraction of sp³-hybridized carbons (Fsp3) is 0.565. The predicted octanol–water partition coefficient (Wildman–Crippen LogP) is 2.75. The zero-order valence-electron chi connectivity index (χ0n) is 17.5. The van der Waals surface area contributed by atoms with Crippen LogP contribution < -0.4 is 5.32 Å². The lowest BCUT2D eigenvalue weighted by Gasteiger charge is -2.42. The third-order valence-corrected chi connectivity index (χ3v) is 6.61. The predicted molar refractivity (Wildman–Crippen MR) is 116 cm³/mol. The van der Waals surface area contributed by atoms with Crippen LogP contribution in [0, 0.1) is 0 Å². The Labute approximate surface area is 177 Å². The second kappa shape index (κ2) is 9.62. The van der Waals surface area contributed by atoms with E-state index < -0.39 is 12.0 Å². The minimum absolute atomic E-state index is 0.0677. The van der Waals surface area contributed by atoms with Crippen LogP contribution in [0.4, 0.5) is 0 Å². The molecule has 0 spiro atoms. The Morgan fingerprint density at radius 1 is 1.10 bits per heavy atom. The van der Waals surface area contributed by atoms with Crippen molar-refractivity contribution in [2.45, 2.75) is 50.6 Å². The summed E-state index contributed by atoms with van der Waals surface area (Å²) in [7, 11) is 0. The van der Waals surface area contributed by atoms with Gasteiger partial charge in [-0.1, -0.05) is 37.5 Å². The number of carboxylic acid groups (broad SMARTS) is 1. The number of nitrogens with zero attached hydrogens (tertiary/aromatic N) is 2. The fourth-order valence-corrected chi connectivity index (χ4v) is 5.02. The first-order valence-corrected chi connectivity index (χ1v) is 11.2. The number of H-pyrrole nitrogens is 1. The van der Waals surface area contributed by atoms with Gasteiger partial charge in [0.1, 0.15) is 6.04 Å². The van der Waals surface area contributed by atoms with E-state index in [2.05, 4.69) is 20.1 Å². The van der Waals surface area contributed by atoms with Crippen LogP contribution in [-0.4, -0.2) is 70.5 Å². The zero-order valence-corrected chi connectivity index (χ0v) is 17.5. The van der Waals surface area contributed by atoms with Gasteiger partial charge in [-0.25, -0.2) is 0 Å². The first-order valence-electron chi connectivity index (χ1n) is 11.2. The number of hydrogen-bond acceptors (Lipinski definition) is 4. The molecule has 2 aliphatic rings. The van der Waals surface area contributed by atoms with Gasteiger partial charge in [0.05, 0.1) is 6.42 Å². The molecule has 3 N–H and O–H groups in total. The van der Waals surface area contributed by atoms with E-state index in [4.69, 9.17) is 5.11 Å². The minimum Gasteiger partial charge on any atom is -0.481 e. The molecule has 2 aromatic rings. The van der Waals surface area contributed by atoms with Gasteiger partial charge in [0.2, 0.25) is 5.91 Å². The summed E-state index contributed by atoms with van der Waals surface area (Å²) in [5, 5.41) is 12.8. The molecule has 1 saturated carbocycles. The number of carbonyl (C=O) groups is 2. The summed E-state index contributed by atoms with van der Waals surface area (Å²) < 4.78 is 0. The monoisotopic (exact) mass is 412 g/mol. The molecule has 1 atom stereocenters. The van der Waals surface area contributed by atoms with Crippen LogP contribution in [0.1, 0.15) is 50.1 Å². The van der Waals surface area contributed by atoms with Crippen molar-refractivity contribution in [2.24, 2.45) is 0 Å². The molecule has 162 valence electrons. The average Bonchev–Trinajstić information content (AvgIpc) is 3.19. The van der Waals surface area contributed by atoms with Gasteiger partial charge in [0.25, 0.3) is 0 Å². The number of fused-ring (bicyclic) bond motifs is 1. The van der Waals surface area contributed by atoms with Crippen molar-refractivity contribution in [3.63, 3.8) is 0 Å². The maximum Gasteiger partial charge on any atom is 0.305 e. The standard InChI is InChI=1S/C23H32N4O3/c28-21(29)10-11-24-23(30)22(19-16-25-20-9-5-4-8-18(19)20)27-14-12-26(13-15-27)17-6-2-1-3-7-17/h4-5,8-9,16-17,22,25H,1-3,6-7,10-15H2,(H,24,30)(H,28,29). The van der Waals surface area contributed by atoms with E-state index >= 15 is 0 Å². The number of amides is 1. The molecule has 4 rings (SSSR count). The van der Waals surface area contributed by atoms with E-state index in [9.17, 15) is 9.59 Å². The fourth-order valence-electron chi connectivity index (χ4n) is 5.02. The minimum atomic E-state index is -0.903. The summed E-state index contributed by atoms with van der Waals surface area (Å²) in [5.74, 6) is -1.02. The van der Waals surface area contributed by atoms with Crippen LogP contribution in [0.2, 0.25) is 0 Å². The topological polar surface area (TPSA) is 88.7 Å². The molecule has 2 heterocycles. The number of piperazine rings is 1. The first-order chi connectivity index (χ1) is 14.6. The highest BCUT2D eigenvalue weighted by atomic mass is 16.4. The second-order valence-electron chi connectivity index (χ2n) is 8.49. The Morgan fingerprint density at radius 3 is 2.57 bits per heavy atom. The third-order valence-electron chi connectivity index (χ3n) is 6.61. The molecular formula is C23H32N4O3. The Bertz CT molecular complexity index is 866. The number of rotatable bonds is 7. The molecule has 1 aliphatic carbocycles. The summed E-state index contributed by atoms with van der Waals surface area (Å²) in [4.78, 5) is 32.2. The number of benzene rings is 1. The van der Waals surface area contributed by atoms with Crippen LogP contribution in [0.25, 0.3) is 10.9 Å². The highest BCUT2D eigenvalue weighted by Gasteiger charge is 2.33. The average molecular weight is 413 g/mol. The smallest absolute Gasteiger partial charge is 0.305 e. The normalized spacial score (nSPS) is 20.3. The summed E-state index contributed by atoms with van der Waals surface area (Å²) in [6, 6.07) is 8.30. The molecule has 1 aromatic carbocycles. The lowest BCUT2D eigenvalue weighted by Crippen LogP contribution is -2.53. The number of aromatic amines is 1. The molecule has 7 nitrogen and oxygen atoms in total. The van der Waals surface area contributed by atoms with Crippen LogP contribution in [0.3, 0.4) is 0 Å². The molecule has 7 heteroatoms. The number of hydrogen-bond donors (Lipinski definition) is 3. The van der Waals surface area contributed by atoms with E-state index in [1.807, 2.05) is 30.5 Å². The number of aromatic nitrogens is 1. The summed E-state index contributed by atoms with van der Waals surface area (Å²) in [5.41, 5.74) is 1.97. The Balaban J connectivity index is 1.50. The maximum absolute atomic E-state index is 13.2. The van der Waals surface area contributed by atoms with Crippen LogP contribution >= 0.6 is 0 Å². The van der Waals surface area contributed by atoms with Gasteiger partial charge in [0, 0.05) is 61.4 Å². The van der Waals surface area contributed by atoms with Gasteiger partial charge in [-0.2, -0.15) is 0 Å². The van der Waals surface area contributed by atoms with Gasteiger partial charge >= 0.3 is 5.97 Å². The molecule has 1 aromatic heterocycles. The molecule has 1 saturated heterocycles. The van der Waals surface area contributed by atoms with E-state index in [0.29, 0.717) is 6.04 Å². The van der Waals surface area contributed by atoms with Gasteiger partial charge in [-0.15, -0.1) is 0 Å². The van der Waals surface area contributed by atoms with Crippen LogP contribution in [-0.2, 0) is 9.59 Å². The lowest BCUT2D eigenvalue weighted by molar-refractivity contribution is -0.137. The number of para-hydroxylation sites is 1. The Kier molecular flexibility index (Phi) is 6.69. The van der Waals surface area contributed by atoms with Gasteiger partial charge in [-0.3, -0.25) is 19.4 Å². The van der Waals surface area contributed by atoms with Crippen LogP contribution in [0.15, 0.2) is 30.5 Å². The van der Waals surface area contributed by atoms with Crippen molar-refractivity contribution in [3.8, 4) is 0 Å². The number of nitrogens with one attached hydrogen (secondary N) is 2. The van der Waals surface area contributed by atoms with E-state index in [-0.39, 0.29) is 18.9 Å². The van der Waals surface area contributed by atoms with Crippen molar-refractivity contribution in [1.29, 1.82) is 0 Å². The van der Waals surface area contributed by atoms with E-state index in [1.54, 1.807) is 0 Å². The summed E-state index contributed by atoms with van der Waals surface area (Å²) >= 11 is 0. The van der Waals surface area contributed by atoms with Crippen molar-refractivity contribution >= 4 is 22.8 Å². The largest absolute Gasteiger partial charge is 0.481 e. The summed E-state index contributed by atoms with van der Waals surface area (Å²) in [6.45, 7) is 3.78. The SMILES string of the molecule is O=C(O)CCNC(=O)C(c1c[nH]c2ccccc12)N1CCN(C2CCCCC2)CC1. The Morgan fingerprint density at radius 2 is 1.83 bits per heavy atom. The summed E-state index contributed by atoms with van der Waals surface area (Å²) in [6.07, 6.45) is 8.46. The van der Waals surface area contributed by atoms with Crippen molar-refractivity contribution in [3.05, 3.63) is 36.0 Å². The molecule has 0 radical (unpaired) electrons. The molecule has 1 amide bonds. The quantitative estimate of drug-likeness (QED) is 0.651. The highest BCUT2D eigenvalue weighted by Crippen LogP contribution is 2.31. The second-order valence-corrected chi connectivity index (χ2v) is 8.49. The van der Waals surface area contributed by atoms with Crippen molar-refractivity contribution in [2.75, 3.05) is 32.7 Å². The molecule has 1 aliphatic heterocycles. The molecule has 1 unspecified atom stereocenters. The van der Waals surface area contributed by atoms with Gasteiger partial charge < -0.3 is 15.4 Å². The van der Waals surface area contributed by atoms with Crippen molar-refractivity contribution < 1.29 is 14.7 Å². The first kappa shape index (κ1) is 20.9. The third kappa shape index (κ3) is 4.68. The maximum atomic E-state index is 13.2. The molecular weight excluding hydrogens is 380 g/mol. The molecule has 0 bridgehead atoms. The lowest BCUT2D eigenvalue weighted by atomic mass is 9.93. The Hall–Kier alpha value is -2.38. The highest BCUT2D eigenvalue weighted by molar-refractivity contribution is 5.91.